The molecule has 0 unspecified atom stereocenters. The zero-order valence-electron chi connectivity index (χ0n) is 15.4. The van der Waals surface area contributed by atoms with Crippen molar-refractivity contribution in [1.29, 1.82) is 0 Å². The Bertz CT molecular complexity index is 804. The van der Waals surface area contributed by atoms with Gasteiger partial charge in [0.15, 0.2) is 11.7 Å². The van der Waals surface area contributed by atoms with Crippen molar-refractivity contribution in [2.45, 2.75) is 26.2 Å². The average molecular weight is 510 g/mol. The molecule has 0 fully saturated rings. The zero-order chi connectivity index (χ0) is 20.0. The number of halogens is 4. The van der Waals surface area contributed by atoms with E-state index in [9.17, 15) is 18.0 Å². The molecule has 0 aliphatic rings. The van der Waals surface area contributed by atoms with E-state index >= 15 is 0 Å². The first-order chi connectivity index (χ1) is 12.7. The molecule has 0 saturated carbocycles. The van der Waals surface area contributed by atoms with Crippen LogP contribution in [0.3, 0.4) is 0 Å². The fourth-order valence-electron chi connectivity index (χ4n) is 2.37. The Morgan fingerprint density at radius 3 is 2.36 bits per heavy atom. The largest absolute Gasteiger partial charge is 0.454 e. The molecule has 0 aliphatic carbocycles. The molecule has 1 aromatic heterocycles. The first kappa shape index (κ1) is 23.8. The highest BCUT2D eigenvalue weighted by Gasteiger charge is 2.29. The third kappa shape index (κ3) is 6.73. The lowest BCUT2D eigenvalue weighted by atomic mass is 10.1. The van der Waals surface area contributed by atoms with Gasteiger partial charge in [0.2, 0.25) is 0 Å². The van der Waals surface area contributed by atoms with E-state index in [-0.39, 0.29) is 36.3 Å². The SMILES string of the molecule is CCNC(=NCc1ccc(C(N)=O)o1)N(C)Cc1ccc(C(F)(F)F)cc1.I. The van der Waals surface area contributed by atoms with Gasteiger partial charge < -0.3 is 20.4 Å². The van der Waals surface area contributed by atoms with Crippen LogP contribution >= 0.6 is 24.0 Å². The van der Waals surface area contributed by atoms with E-state index in [0.29, 0.717) is 30.4 Å². The highest BCUT2D eigenvalue weighted by molar-refractivity contribution is 14.0. The van der Waals surface area contributed by atoms with E-state index in [0.717, 1.165) is 12.1 Å². The van der Waals surface area contributed by atoms with Crippen LogP contribution in [0.2, 0.25) is 0 Å². The molecule has 0 radical (unpaired) electrons. The molecular formula is C18H22F3IN4O2. The molecule has 0 spiro atoms. The van der Waals surface area contributed by atoms with E-state index in [4.69, 9.17) is 10.2 Å². The number of carbonyl (C=O) groups excluding carboxylic acids is 1. The summed E-state index contributed by atoms with van der Waals surface area (Å²) in [5.41, 5.74) is 5.17. The maximum atomic E-state index is 12.6. The Morgan fingerprint density at radius 1 is 1.21 bits per heavy atom. The first-order valence-corrected chi connectivity index (χ1v) is 8.24. The summed E-state index contributed by atoms with van der Waals surface area (Å²) >= 11 is 0. The van der Waals surface area contributed by atoms with Crippen LogP contribution in [0.5, 0.6) is 0 Å². The van der Waals surface area contributed by atoms with Crippen molar-refractivity contribution in [3.05, 3.63) is 59.0 Å². The Balaban J connectivity index is 0.00000392. The molecule has 6 nitrogen and oxygen atoms in total. The van der Waals surface area contributed by atoms with Gasteiger partial charge in [0, 0.05) is 20.1 Å². The van der Waals surface area contributed by atoms with E-state index in [2.05, 4.69) is 10.3 Å². The maximum absolute atomic E-state index is 12.6. The number of furan rings is 1. The van der Waals surface area contributed by atoms with Crippen LogP contribution in [0.15, 0.2) is 45.8 Å². The van der Waals surface area contributed by atoms with Crippen LogP contribution in [0.25, 0.3) is 0 Å². The fourth-order valence-corrected chi connectivity index (χ4v) is 2.37. The quantitative estimate of drug-likeness (QED) is 0.354. The van der Waals surface area contributed by atoms with Crippen molar-refractivity contribution in [3.8, 4) is 0 Å². The minimum Gasteiger partial charge on any atom is -0.454 e. The van der Waals surface area contributed by atoms with Crippen molar-refractivity contribution in [1.82, 2.24) is 10.2 Å². The topological polar surface area (TPSA) is 83.9 Å². The monoisotopic (exact) mass is 510 g/mol. The Labute approximate surface area is 178 Å². The third-order valence-electron chi connectivity index (χ3n) is 3.69. The lowest BCUT2D eigenvalue weighted by Crippen LogP contribution is -2.38. The normalized spacial score (nSPS) is 11.7. The highest BCUT2D eigenvalue weighted by atomic mass is 127. The Hall–Kier alpha value is -2.24. The van der Waals surface area contributed by atoms with Crippen molar-refractivity contribution in [2.24, 2.45) is 10.7 Å². The van der Waals surface area contributed by atoms with Gasteiger partial charge in [0.25, 0.3) is 5.91 Å². The molecular weight excluding hydrogens is 488 g/mol. The predicted molar refractivity (Wildman–Crippen MR) is 110 cm³/mol. The second kappa shape index (κ2) is 10.3. The molecule has 3 N–H and O–H groups in total. The summed E-state index contributed by atoms with van der Waals surface area (Å²) in [5.74, 6) is 0.427. The molecule has 2 rings (SSSR count). The Kier molecular flexibility index (Phi) is 8.79. The number of rotatable bonds is 6. The van der Waals surface area contributed by atoms with Gasteiger partial charge in [-0.1, -0.05) is 12.1 Å². The Morgan fingerprint density at radius 2 is 1.86 bits per heavy atom. The summed E-state index contributed by atoms with van der Waals surface area (Å²) in [7, 11) is 1.77. The smallest absolute Gasteiger partial charge is 0.416 e. The van der Waals surface area contributed by atoms with Crippen LogP contribution in [0.4, 0.5) is 13.2 Å². The van der Waals surface area contributed by atoms with Gasteiger partial charge in [-0.15, -0.1) is 24.0 Å². The van der Waals surface area contributed by atoms with Gasteiger partial charge in [0.05, 0.1) is 5.56 Å². The van der Waals surface area contributed by atoms with Gasteiger partial charge in [0.1, 0.15) is 12.3 Å². The summed E-state index contributed by atoms with van der Waals surface area (Å²) < 4.78 is 43.2. The molecule has 0 atom stereocenters. The molecule has 0 saturated heterocycles. The van der Waals surface area contributed by atoms with Crippen molar-refractivity contribution in [2.75, 3.05) is 13.6 Å². The van der Waals surface area contributed by atoms with Crippen LogP contribution in [0, 0.1) is 0 Å². The molecule has 1 amide bonds. The van der Waals surface area contributed by atoms with Gasteiger partial charge in [-0.2, -0.15) is 13.2 Å². The van der Waals surface area contributed by atoms with Crippen molar-refractivity contribution in [3.63, 3.8) is 0 Å². The molecule has 10 heteroatoms. The standard InChI is InChI=1S/C18H21F3N4O2.HI/c1-3-23-17(24-10-14-8-9-15(27-14)16(22)26)25(2)11-12-4-6-13(7-5-12)18(19,20)21;/h4-9H,3,10-11H2,1-2H3,(H2,22,26)(H,23,24);1H. The number of hydrogen-bond donors (Lipinski definition) is 2. The number of primary amides is 1. The van der Waals surface area contributed by atoms with Crippen LogP contribution in [-0.2, 0) is 19.3 Å². The lowest BCUT2D eigenvalue weighted by Gasteiger charge is -2.22. The number of guanidine groups is 1. The summed E-state index contributed by atoms with van der Waals surface area (Å²) in [6.07, 6.45) is -4.35. The highest BCUT2D eigenvalue weighted by Crippen LogP contribution is 2.29. The maximum Gasteiger partial charge on any atom is 0.416 e. The van der Waals surface area contributed by atoms with Gasteiger partial charge >= 0.3 is 6.18 Å². The second-order valence-corrected chi connectivity index (χ2v) is 5.85. The number of nitrogens with two attached hydrogens (primary N) is 1. The van der Waals surface area contributed by atoms with Crippen LogP contribution in [-0.4, -0.2) is 30.4 Å². The summed E-state index contributed by atoms with van der Waals surface area (Å²) in [6, 6.07) is 8.08. The first-order valence-electron chi connectivity index (χ1n) is 8.24. The summed E-state index contributed by atoms with van der Waals surface area (Å²) in [5, 5.41) is 3.10. The van der Waals surface area contributed by atoms with E-state index in [1.54, 1.807) is 18.0 Å². The van der Waals surface area contributed by atoms with E-state index in [1.165, 1.54) is 18.2 Å². The number of hydrogen-bond acceptors (Lipinski definition) is 3. The average Bonchev–Trinajstić information content (AvgIpc) is 3.07. The lowest BCUT2D eigenvalue weighted by molar-refractivity contribution is -0.137. The van der Waals surface area contributed by atoms with Gasteiger partial charge in [-0.05, 0) is 36.8 Å². The number of nitrogens with one attached hydrogen (secondary N) is 1. The van der Waals surface area contributed by atoms with Crippen molar-refractivity contribution < 1.29 is 22.4 Å². The molecule has 1 heterocycles. The van der Waals surface area contributed by atoms with Gasteiger partial charge in [-0.25, -0.2) is 4.99 Å². The number of benzene rings is 1. The fraction of sp³-hybridized carbons (Fsp3) is 0.333. The molecule has 28 heavy (non-hydrogen) atoms. The van der Waals surface area contributed by atoms with Crippen LogP contribution < -0.4 is 11.1 Å². The number of alkyl halides is 3. The molecule has 1 aromatic carbocycles. The predicted octanol–water partition coefficient (Wildman–Crippen LogP) is 3.61. The van der Waals surface area contributed by atoms with E-state index < -0.39 is 17.6 Å². The molecule has 0 aliphatic heterocycles. The van der Waals surface area contributed by atoms with Crippen LogP contribution in [0.1, 0.15) is 34.4 Å². The molecule has 2 aromatic rings. The minimum absolute atomic E-state index is 0. The number of aliphatic imine (C=N–C) groups is 1. The third-order valence-corrected chi connectivity index (χ3v) is 3.69. The number of nitrogens with zero attached hydrogens (tertiary/aromatic N) is 2. The second-order valence-electron chi connectivity index (χ2n) is 5.85. The summed E-state index contributed by atoms with van der Waals surface area (Å²) in [6.45, 7) is 3.07. The zero-order valence-corrected chi connectivity index (χ0v) is 17.7. The number of amides is 1. The molecule has 0 bridgehead atoms. The minimum atomic E-state index is -4.35. The summed E-state index contributed by atoms with van der Waals surface area (Å²) in [4.78, 5) is 17.3. The number of carbonyl (C=O) groups is 1. The van der Waals surface area contributed by atoms with E-state index in [1.807, 2.05) is 6.92 Å². The van der Waals surface area contributed by atoms with Crippen molar-refractivity contribution >= 4 is 35.8 Å². The molecule has 154 valence electrons. The van der Waals surface area contributed by atoms with Gasteiger partial charge in [-0.3, -0.25) is 4.79 Å².